The molecule has 0 amide bonds. The van der Waals surface area contributed by atoms with Crippen LogP contribution in [0.2, 0.25) is 0 Å². The van der Waals surface area contributed by atoms with Crippen molar-refractivity contribution in [1.82, 2.24) is 10.3 Å². The summed E-state index contributed by atoms with van der Waals surface area (Å²) < 4.78 is 0. The molecule has 5 heteroatoms. The Morgan fingerprint density at radius 3 is 2.68 bits per heavy atom. The smallest absolute Gasteiger partial charge is 0.306 e. The molecule has 0 bridgehead atoms. The fraction of sp³-hybridized carbons (Fsp3) is 0.412. The van der Waals surface area contributed by atoms with E-state index in [9.17, 15) is 9.90 Å². The number of fused-ring (bicyclic) bond motifs is 1. The molecule has 1 aromatic heterocycles. The number of aliphatic carboxylic acids is 1. The molecule has 5 nitrogen and oxygen atoms in total. The van der Waals surface area contributed by atoms with Gasteiger partial charge in [-0.2, -0.15) is 0 Å². The number of rotatable bonds is 4. The molecule has 1 aromatic carbocycles. The van der Waals surface area contributed by atoms with Crippen molar-refractivity contribution >= 4 is 16.9 Å². The molecule has 0 spiro atoms. The molecule has 2 aromatic rings. The SMILES string of the molecule is O=C(O)C1CCC(NCc2ccc3cccc(O)c3n2)CC1. The summed E-state index contributed by atoms with van der Waals surface area (Å²) in [5.74, 6) is -0.666. The van der Waals surface area contributed by atoms with Crippen LogP contribution >= 0.6 is 0 Å². The van der Waals surface area contributed by atoms with E-state index in [1.165, 1.54) is 0 Å². The Hall–Kier alpha value is -2.14. The minimum absolute atomic E-state index is 0.186. The first-order valence-corrected chi connectivity index (χ1v) is 7.67. The van der Waals surface area contributed by atoms with Crippen LogP contribution in [0.4, 0.5) is 0 Å². The Labute approximate surface area is 129 Å². The number of phenolic OH excluding ortho intramolecular Hbond substituents is 1. The highest BCUT2D eigenvalue weighted by Gasteiger charge is 2.25. The lowest BCUT2D eigenvalue weighted by molar-refractivity contribution is -0.142. The molecular formula is C17H20N2O3. The molecule has 1 fully saturated rings. The minimum Gasteiger partial charge on any atom is -0.506 e. The monoisotopic (exact) mass is 300 g/mol. The molecule has 3 N–H and O–H groups in total. The normalized spacial score (nSPS) is 21.8. The van der Waals surface area contributed by atoms with Crippen molar-refractivity contribution < 1.29 is 15.0 Å². The van der Waals surface area contributed by atoms with E-state index in [1.807, 2.05) is 18.2 Å². The molecule has 22 heavy (non-hydrogen) atoms. The van der Waals surface area contributed by atoms with E-state index in [2.05, 4.69) is 10.3 Å². The number of carboxylic acids is 1. The van der Waals surface area contributed by atoms with Gasteiger partial charge in [0.2, 0.25) is 0 Å². The van der Waals surface area contributed by atoms with Gasteiger partial charge in [-0.1, -0.05) is 18.2 Å². The molecule has 0 aliphatic heterocycles. The lowest BCUT2D eigenvalue weighted by Crippen LogP contribution is -2.34. The zero-order valence-corrected chi connectivity index (χ0v) is 12.3. The van der Waals surface area contributed by atoms with Crippen molar-refractivity contribution in [3.63, 3.8) is 0 Å². The second-order valence-corrected chi connectivity index (χ2v) is 5.92. The summed E-state index contributed by atoms with van der Waals surface area (Å²) in [7, 11) is 0. The number of aromatic hydroxyl groups is 1. The van der Waals surface area contributed by atoms with Gasteiger partial charge in [-0.25, -0.2) is 4.98 Å². The number of para-hydroxylation sites is 1. The van der Waals surface area contributed by atoms with Crippen molar-refractivity contribution in [1.29, 1.82) is 0 Å². The number of benzene rings is 1. The summed E-state index contributed by atoms with van der Waals surface area (Å²) in [6.07, 6.45) is 3.24. The van der Waals surface area contributed by atoms with Crippen LogP contribution in [0, 0.1) is 5.92 Å². The molecular weight excluding hydrogens is 280 g/mol. The van der Waals surface area contributed by atoms with Crippen LogP contribution in [0.5, 0.6) is 5.75 Å². The van der Waals surface area contributed by atoms with Crippen LogP contribution in [0.25, 0.3) is 10.9 Å². The van der Waals surface area contributed by atoms with Crippen LogP contribution in [-0.2, 0) is 11.3 Å². The van der Waals surface area contributed by atoms with Gasteiger partial charge in [0.15, 0.2) is 0 Å². The predicted octanol–water partition coefficient (Wildman–Crippen LogP) is 2.67. The molecule has 0 radical (unpaired) electrons. The lowest BCUT2D eigenvalue weighted by Gasteiger charge is -2.26. The van der Waals surface area contributed by atoms with E-state index in [-0.39, 0.29) is 11.7 Å². The summed E-state index contributed by atoms with van der Waals surface area (Å²) in [6, 6.07) is 9.63. The highest BCUT2D eigenvalue weighted by Crippen LogP contribution is 2.25. The van der Waals surface area contributed by atoms with Gasteiger partial charge in [-0.15, -0.1) is 0 Å². The number of phenols is 1. The lowest BCUT2D eigenvalue weighted by atomic mass is 9.86. The zero-order chi connectivity index (χ0) is 15.5. The number of hydrogen-bond acceptors (Lipinski definition) is 4. The van der Waals surface area contributed by atoms with Crippen molar-refractivity contribution in [3.8, 4) is 5.75 Å². The number of hydrogen-bond donors (Lipinski definition) is 3. The standard InChI is InChI=1S/C17H20N2O3/c20-15-3-1-2-11-4-9-14(19-16(11)15)10-18-13-7-5-12(6-8-13)17(21)22/h1-4,9,12-13,18,20H,5-8,10H2,(H,21,22). The first-order valence-electron chi connectivity index (χ1n) is 7.67. The number of carbonyl (C=O) groups is 1. The molecule has 0 saturated heterocycles. The van der Waals surface area contributed by atoms with Gasteiger partial charge in [0.05, 0.1) is 11.6 Å². The fourth-order valence-corrected chi connectivity index (χ4v) is 3.06. The minimum atomic E-state index is -0.676. The topological polar surface area (TPSA) is 82.5 Å². The van der Waals surface area contributed by atoms with Gasteiger partial charge >= 0.3 is 5.97 Å². The molecule has 1 aliphatic carbocycles. The van der Waals surface area contributed by atoms with Gasteiger partial charge in [0.1, 0.15) is 11.3 Å². The number of nitrogens with one attached hydrogen (secondary N) is 1. The Morgan fingerprint density at radius 2 is 1.95 bits per heavy atom. The van der Waals surface area contributed by atoms with Crippen LogP contribution in [0.1, 0.15) is 31.4 Å². The molecule has 1 aliphatic rings. The summed E-state index contributed by atoms with van der Waals surface area (Å²) >= 11 is 0. The van der Waals surface area contributed by atoms with Crippen molar-refractivity contribution in [2.75, 3.05) is 0 Å². The Morgan fingerprint density at radius 1 is 1.18 bits per heavy atom. The maximum absolute atomic E-state index is 10.9. The average Bonchev–Trinajstić information content (AvgIpc) is 2.54. The van der Waals surface area contributed by atoms with Crippen LogP contribution in [-0.4, -0.2) is 27.2 Å². The first kappa shape index (κ1) is 14.8. The highest BCUT2D eigenvalue weighted by atomic mass is 16.4. The van der Waals surface area contributed by atoms with Gasteiger partial charge in [-0.05, 0) is 37.8 Å². The zero-order valence-electron chi connectivity index (χ0n) is 12.3. The largest absolute Gasteiger partial charge is 0.506 e. The Kier molecular flexibility index (Phi) is 4.24. The molecule has 0 unspecified atom stereocenters. The third-order valence-electron chi connectivity index (χ3n) is 4.40. The van der Waals surface area contributed by atoms with Crippen molar-refractivity contribution in [2.45, 2.75) is 38.3 Å². The fourth-order valence-electron chi connectivity index (χ4n) is 3.06. The van der Waals surface area contributed by atoms with Crippen LogP contribution in [0.3, 0.4) is 0 Å². The maximum Gasteiger partial charge on any atom is 0.306 e. The van der Waals surface area contributed by atoms with Gasteiger partial charge in [0.25, 0.3) is 0 Å². The molecule has 116 valence electrons. The Bertz CT molecular complexity index is 679. The van der Waals surface area contributed by atoms with Crippen LogP contribution in [0.15, 0.2) is 30.3 Å². The van der Waals surface area contributed by atoms with E-state index in [0.717, 1.165) is 36.8 Å². The molecule has 1 heterocycles. The number of aromatic nitrogens is 1. The number of carboxylic acid groups (broad SMARTS) is 1. The van der Waals surface area contributed by atoms with Gasteiger partial charge in [-0.3, -0.25) is 4.79 Å². The molecule has 3 rings (SSSR count). The summed E-state index contributed by atoms with van der Waals surface area (Å²) in [5, 5.41) is 23.2. The van der Waals surface area contributed by atoms with E-state index < -0.39 is 5.97 Å². The number of nitrogens with zero attached hydrogens (tertiary/aromatic N) is 1. The Balaban J connectivity index is 1.60. The second-order valence-electron chi connectivity index (χ2n) is 5.92. The van der Waals surface area contributed by atoms with Gasteiger partial charge in [0, 0.05) is 18.0 Å². The molecule has 1 saturated carbocycles. The maximum atomic E-state index is 10.9. The van der Waals surface area contributed by atoms with Crippen LogP contribution < -0.4 is 5.32 Å². The van der Waals surface area contributed by atoms with Crippen molar-refractivity contribution in [3.05, 3.63) is 36.0 Å². The summed E-state index contributed by atoms with van der Waals surface area (Å²) in [5.41, 5.74) is 1.51. The molecule has 0 atom stereocenters. The summed E-state index contributed by atoms with van der Waals surface area (Å²) in [4.78, 5) is 15.4. The second kappa shape index (κ2) is 6.32. The third-order valence-corrected chi connectivity index (χ3v) is 4.40. The van der Waals surface area contributed by atoms with E-state index in [0.29, 0.717) is 18.1 Å². The quantitative estimate of drug-likeness (QED) is 0.808. The van der Waals surface area contributed by atoms with Crippen molar-refractivity contribution in [2.24, 2.45) is 5.92 Å². The third kappa shape index (κ3) is 3.20. The van der Waals surface area contributed by atoms with E-state index >= 15 is 0 Å². The summed E-state index contributed by atoms with van der Waals surface area (Å²) in [6.45, 7) is 0.632. The highest BCUT2D eigenvalue weighted by molar-refractivity contribution is 5.84. The van der Waals surface area contributed by atoms with E-state index in [4.69, 9.17) is 5.11 Å². The van der Waals surface area contributed by atoms with E-state index in [1.54, 1.807) is 12.1 Å². The van der Waals surface area contributed by atoms with Gasteiger partial charge < -0.3 is 15.5 Å². The average molecular weight is 300 g/mol. The first-order chi connectivity index (χ1) is 10.6. The predicted molar refractivity (Wildman–Crippen MR) is 83.6 cm³/mol. The number of pyridine rings is 1.